The fourth-order valence-corrected chi connectivity index (χ4v) is 2.28. The van der Waals surface area contributed by atoms with Crippen LogP contribution in [-0.2, 0) is 27.3 Å². The van der Waals surface area contributed by atoms with E-state index in [0.717, 1.165) is 0 Å². The number of thiazole rings is 1. The molecule has 2 aromatic rings. The number of aryl methyl sites for hydroxylation is 1. The van der Waals surface area contributed by atoms with Crippen molar-refractivity contribution in [2.75, 3.05) is 11.9 Å². The topological polar surface area (TPSA) is 99.0 Å². The maximum atomic E-state index is 11.7. The number of carbonyl (C=O) groups is 2. The first kappa shape index (κ1) is 15.1. The number of rotatable bonds is 7. The monoisotopic (exact) mass is 309 g/mol. The number of hydrogen-bond acceptors (Lipinski definition) is 7. The molecular weight excluding hydrogens is 294 g/mol. The third kappa shape index (κ3) is 4.95. The molecule has 2 rings (SSSR count). The Kier molecular flexibility index (Phi) is 5.38. The lowest BCUT2D eigenvalue weighted by molar-refractivity contribution is -0.142. The average Bonchev–Trinajstić information content (AvgIpc) is 3.08. The number of ether oxygens (including phenoxy) is 1. The molecule has 21 heavy (non-hydrogen) atoms. The Bertz CT molecular complexity index is 596. The average molecular weight is 309 g/mol. The highest BCUT2D eigenvalue weighted by Gasteiger charge is 2.10. The fourth-order valence-electron chi connectivity index (χ4n) is 1.55. The van der Waals surface area contributed by atoms with E-state index in [4.69, 9.17) is 4.74 Å². The van der Waals surface area contributed by atoms with E-state index in [1.165, 1.54) is 17.7 Å². The molecule has 9 heteroatoms. The molecule has 0 aliphatic heterocycles. The van der Waals surface area contributed by atoms with Crippen LogP contribution in [0.15, 0.2) is 18.0 Å². The summed E-state index contributed by atoms with van der Waals surface area (Å²) in [6.45, 7) is 2.54. The molecule has 0 bridgehead atoms. The van der Waals surface area contributed by atoms with E-state index in [1.54, 1.807) is 23.3 Å². The molecule has 0 aliphatic rings. The van der Waals surface area contributed by atoms with Crippen LogP contribution in [0.5, 0.6) is 0 Å². The third-order valence-electron chi connectivity index (χ3n) is 2.46. The van der Waals surface area contributed by atoms with E-state index in [0.29, 0.717) is 24.0 Å². The van der Waals surface area contributed by atoms with E-state index in [9.17, 15) is 9.59 Å². The van der Waals surface area contributed by atoms with Crippen LogP contribution < -0.4 is 5.32 Å². The highest BCUT2D eigenvalue weighted by atomic mass is 32.1. The molecule has 1 amide bonds. The van der Waals surface area contributed by atoms with Crippen LogP contribution in [-0.4, -0.2) is 38.2 Å². The molecular formula is C12H15N5O3S. The Morgan fingerprint density at radius 1 is 1.48 bits per heavy atom. The summed E-state index contributed by atoms with van der Waals surface area (Å²) in [6, 6.07) is 0. The lowest BCUT2D eigenvalue weighted by Gasteiger charge is -2.01. The van der Waals surface area contributed by atoms with Crippen LogP contribution in [0.25, 0.3) is 0 Å². The Balaban J connectivity index is 1.78. The first-order valence-corrected chi connectivity index (χ1v) is 7.27. The second-order valence-electron chi connectivity index (χ2n) is 4.08. The van der Waals surface area contributed by atoms with Crippen molar-refractivity contribution < 1.29 is 14.3 Å². The number of hydrogen-bond donors (Lipinski definition) is 1. The second-order valence-corrected chi connectivity index (χ2v) is 4.94. The number of amides is 1. The SMILES string of the molecule is CCOC(=O)Cc1csc(NC(=O)CCn2cncn2)n1. The summed E-state index contributed by atoms with van der Waals surface area (Å²) in [5.41, 5.74) is 0.588. The van der Waals surface area contributed by atoms with Gasteiger partial charge in [0.25, 0.3) is 0 Å². The van der Waals surface area contributed by atoms with Gasteiger partial charge in [0.15, 0.2) is 5.13 Å². The van der Waals surface area contributed by atoms with Crippen molar-refractivity contribution in [2.45, 2.75) is 26.3 Å². The van der Waals surface area contributed by atoms with Gasteiger partial charge >= 0.3 is 5.97 Å². The molecule has 2 aromatic heterocycles. The van der Waals surface area contributed by atoms with Gasteiger partial charge in [-0.2, -0.15) is 5.10 Å². The molecule has 0 fully saturated rings. The van der Waals surface area contributed by atoms with Crippen LogP contribution in [0.1, 0.15) is 19.0 Å². The molecule has 0 aliphatic carbocycles. The van der Waals surface area contributed by atoms with Crippen LogP contribution in [0, 0.1) is 0 Å². The zero-order valence-electron chi connectivity index (χ0n) is 11.5. The van der Waals surface area contributed by atoms with Gasteiger partial charge in [0.1, 0.15) is 12.7 Å². The Labute approximate surface area is 125 Å². The lowest BCUT2D eigenvalue weighted by atomic mass is 10.3. The largest absolute Gasteiger partial charge is 0.466 e. The first-order valence-electron chi connectivity index (χ1n) is 6.39. The summed E-state index contributed by atoms with van der Waals surface area (Å²) in [6.07, 6.45) is 3.35. The van der Waals surface area contributed by atoms with E-state index < -0.39 is 0 Å². The standard InChI is InChI=1S/C12H15N5O3S/c1-2-20-11(19)5-9-6-21-12(15-9)16-10(18)3-4-17-8-13-7-14-17/h6-8H,2-5H2,1H3,(H,15,16,18). The predicted molar refractivity (Wildman–Crippen MR) is 75.7 cm³/mol. The van der Waals surface area contributed by atoms with Crippen molar-refractivity contribution in [1.82, 2.24) is 19.7 Å². The van der Waals surface area contributed by atoms with Gasteiger partial charge in [-0.05, 0) is 6.92 Å². The minimum atomic E-state index is -0.327. The van der Waals surface area contributed by atoms with Gasteiger partial charge in [-0.3, -0.25) is 14.3 Å². The van der Waals surface area contributed by atoms with Gasteiger partial charge in [0.05, 0.1) is 25.3 Å². The highest BCUT2D eigenvalue weighted by molar-refractivity contribution is 7.13. The van der Waals surface area contributed by atoms with E-state index >= 15 is 0 Å². The van der Waals surface area contributed by atoms with Crippen LogP contribution in [0.3, 0.4) is 0 Å². The summed E-state index contributed by atoms with van der Waals surface area (Å²) >= 11 is 1.28. The van der Waals surface area contributed by atoms with Crippen LogP contribution in [0.4, 0.5) is 5.13 Å². The zero-order valence-corrected chi connectivity index (χ0v) is 12.3. The number of nitrogens with zero attached hydrogens (tertiary/aromatic N) is 4. The normalized spacial score (nSPS) is 10.3. The van der Waals surface area contributed by atoms with Crippen molar-refractivity contribution in [3.8, 4) is 0 Å². The van der Waals surface area contributed by atoms with E-state index in [1.807, 2.05) is 0 Å². The molecule has 0 unspecified atom stereocenters. The fraction of sp³-hybridized carbons (Fsp3) is 0.417. The van der Waals surface area contributed by atoms with Crippen molar-refractivity contribution >= 4 is 28.3 Å². The first-order chi connectivity index (χ1) is 10.2. The number of esters is 1. The van der Waals surface area contributed by atoms with Crippen molar-refractivity contribution in [3.05, 3.63) is 23.7 Å². The van der Waals surface area contributed by atoms with Crippen molar-refractivity contribution in [2.24, 2.45) is 0 Å². The van der Waals surface area contributed by atoms with Gasteiger partial charge in [-0.25, -0.2) is 9.97 Å². The molecule has 8 nitrogen and oxygen atoms in total. The quantitative estimate of drug-likeness (QED) is 0.762. The Morgan fingerprint density at radius 3 is 3.05 bits per heavy atom. The van der Waals surface area contributed by atoms with Crippen LogP contribution in [0.2, 0.25) is 0 Å². The number of carbonyl (C=O) groups excluding carboxylic acids is 2. The van der Waals surface area contributed by atoms with Crippen LogP contribution >= 0.6 is 11.3 Å². The number of nitrogens with one attached hydrogen (secondary N) is 1. The summed E-state index contributed by atoms with van der Waals surface area (Å²) in [5, 5.41) is 8.79. The Morgan fingerprint density at radius 2 is 2.33 bits per heavy atom. The van der Waals surface area contributed by atoms with Gasteiger partial charge in [0.2, 0.25) is 5.91 Å². The number of anilines is 1. The molecule has 1 N–H and O–H groups in total. The summed E-state index contributed by atoms with van der Waals surface area (Å²) in [7, 11) is 0. The molecule has 0 saturated heterocycles. The Hall–Kier alpha value is -2.29. The van der Waals surface area contributed by atoms with Gasteiger partial charge in [-0.1, -0.05) is 0 Å². The molecule has 0 saturated carbocycles. The minimum Gasteiger partial charge on any atom is -0.466 e. The van der Waals surface area contributed by atoms with E-state index in [-0.39, 0.29) is 24.7 Å². The highest BCUT2D eigenvalue weighted by Crippen LogP contribution is 2.16. The zero-order chi connectivity index (χ0) is 15.1. The van der Waals surface area contributed by atoms with Gasteiger partial charge in [-0.15, -0.1) is 11.3 Å². The van der Waals surface area contributed by atoms with Crippen molar-refractivity contribution in [3.63, 3.8) is 0 Å². The summed E-state index contributed by atoms with van der Waals surface area (Å²) < 4.78 is 6.42. The van der Waals surface area contributed by atoms with Gasteiger partial charge < -0.3 is 10.1 Å². The van der Waals surface area contributed by atoms with E-state index in [2.05, 4.69) is 20.4 Å². The van der Waals surface area contributed by atoms with Gasteiger partial charge in [0, 0.05) is 11.8 Å². The summed E-state index contributed by atoms with van der Waals surface area (Å²) in [4.78, 5) is 31.0. The predicted octanol–water partition coefficient (Wildman–Crippen LogP) is 0.869. The maximum Gasteiger partial charge on any atom is 0.311 e. The maximum absolute atomic E-state index is 11.7. The molecule has 0 atom stereocenters. The molecule has 0 spiro atoms. The molecule has 0 radical (unpaired) electrons. The molecule has 2 heterocycles. The van der Waals surface area contributed by atoms with Crippen molar-refractivity contribution in [1.29, 1.82) is 0 Å². The summed E-state index contributed by atoms with van der Waals surface area (Å²) in [5.74, 6) is -0.491. The second kappa shape index (κ2) is 7.48. The molecule has 0 aromatic carbocycles. The smallest absolute Gasteiger partial charge is 0.311 e. The number of aromatic nitrogens is 4. The minimum absolute atomic E-state index is 0.110. The molecule has 112 valence electrons. The third-order valence-corrected chi connectivity index (χ3v) is 3.27. The lowest BCUT2D eigenvalue weighted by Crippen LogP contribution is -2.14.